The minimum absolute atomic E-state index is 0. The van der Waals surface area contributed by atoms with Crippen molar-refractivity contribution in [2.24, 2.45) is 22.9 Å². The van der Waals surface area contributed by atoms with E-state index in [-0.39, 0.29) is 5.48 Å². The van der Waals surface area contributed by atoms with Crippen molar-refractivity contribution in [3.8, 4) is 0 Å². The maximum atomic E-state index is 10.6. The summed E-state index contributed by atoms with van der Waals surface area (Å²) in [6, 6.07) is 2.14. The summed E-state index contributed by atoms with van der Waals surface area (Å²) in [6.07, 6.45) is 17.3. The van der Waals surface area contributed by atoms with E-state index in [2.05, 4.69) is 9.05 Å². The number of rotatable bonds is 5. The van der Waals surface area contributed by atoms with Gasteiger partial charge in [-0.2, -0.15) is 0 Å². The average Bonchev–Trinajstić information content (AvgIpc) is 3.02. The fourth-order valence-electron chi connectivity index (χ4n) is 5.98. The van der Waals surface area contributed by atoms with Crippen molar-refractivity contribution in [1.82, 2.24) is 0 Å². The SMILES string of the molecule is NC1CCCCC1.NC1CCCCC1.NC1CCCCC1.NC1CCCCC1.O.O=P(O)(O)OCC1OC(OP(=O)(O)O)C(O)[C@H](O)[C@@H]1O. The first-order valence-corrected chi connectivity index (χ1v) is 20.7. The summed E-state index contributed by atoms with van der Waals surface area (Å²) in [5.41, 5.74) is 22.5. The molecule has 0 radical (unpaired) electrons. The monoisotopic (exact) mass is 754 g/mol. The van der Waals surface area contributed by atoms with E-state index in [4.69, 9.17) is 47.2 Å². The summed E-state index contributed by atoms with van der Waals surface area (Å²) in [6.45, 7) is -0.907. The lowest BCUT2D eigenvalue weighted by Gasteiger charge is -2.39. The van der Waals surface area contributed by atoms with Gasteiger partial charge in [-0.25, -0.2) is 9.13 Å². The molecule has 0 aromatic heterocycles. The normalized spacial score (nSPS) is 29.2. The zero-order valence-corrected chi connectivity index (χ0v) is 30.7. The summed E-state index contributed by atoms with van der Waals surface area (Å²) in [5.74, 6) is 0. The molecule has 5 aliphatic rings. The fourth-order valence-corrected chi connectivity index (χ4v) is 6.77. The van der Waals surface area contributed by atoms with E-state index < -0.39 is 53.0 Å². The molecule has 5 rings (SSSR count). The van der Waals surface area contributed by atoms with Gasteiger partial charge in [-0.3, -0.25) is 9.05 Å². The van der Waals surface area contributed by atoms with Crippen LogP contribution in [-0.4, -0.2) is 102 Å². The molecule has 19 heteroatoms. The van der Waals surface area contributed by atoms with Crippen molar-refractivity contribution in [3.63, 3.8) is 0 Å². The number of hydrogen-bond acceptors (Lipinski definition) is 12. The van der Waals surface area contributed by atoms with Gasteiger partial charge in [0.25, 0.3) is 0 Å². The highest BCUT2D eigenvalue weighted by atomic mass is 31.2. The number of phosphoric acid groups is 2. The van der Waals surface area contributed by atoms with Crippen LogP contribution in [0.3, 0.4) is 0 Å². The first kappa shape index (κ1) is 48.9. The standard InChI is InChI=1S/4C6H13N.C6H14O12P2.H2O/c4*7-6-4-2-1-3-5-6;7-3-2(1-16-19(10,11)12)17-6(5(9)4(3)8)18-20(13,14)15;/h4*6H,1-5,7H2;2-9H,1H2,(H2,10,11,12)(H2,13,14,15);1H2/t;;;;2?,3-,4-,5?,6?;/m....1./s1. The van der Waals surface area contributed by atoms with Gasteiger partial charge in [0.05, 0.1) is 6.61 Å². The van der Waals surface area contributed by atoms with Gasteiger partial charge >= 0.3 is 15.6 Å². The molecular weight excluding hydrogens is 686 g/mol. The summed E-state index contributed by atoms with van der Waals surface area (Å²) < 4.78 is 33.9. The van der Waals surface area contributed by atoms with Gasteiger partial charge in [-0.1, -0.05) is 77.0 Å². The molecule has 0 bridgehead atoms. The molecule has 17 nitrogen and oxygen atoms in total. The van der Waals surface area contributed by atoms with Gasteiger partial charge in [-0.15, -0.1) is 0 Å². The highest BCUT2D eigenvalue weighted by molar-refractivity contribution is 7.46. The zero-order valence-electron chi connectivity index (χ0n) is 28.9. The second-order valence-electron chi connectivity index (χ2n) is 13.5. The number of aliphatic hydroxyl groups is 3. The van der Waals surface area contributed by atoms with Gasteiger partial charge in [0.15, 0.2) is 6.29 Å². The Morgan fingerprint density at radius 1 is 0.510 bits per heavy atom. The highest BCUT2D eigenvalue weighted by Crippen LogP contribution is 2.41. The number of phosphoric ester groups is 2. The molecule has 0 aromatic carbocycles. The van der Waals surface area contributed by atoms with Crippen LogP contribution in [0, 0.1) is 0 Å². The van der Waals surface area contributed by atoms with Crippen LogP contribution in [0.15, 0.2) is 0 Å². The van der Waals surface area contributed by atoms with Crippen LogP contribution in [0.25, 0.3) is 0 Å². The molecule has 17 N–H and O–H groups in total. The van der Waals surface area contributed by atoms with Gasteiger partial charge < -0.3 is 68.0 Å². The van der Waals surface area contributed by atoms with Crippen molar-refractivity contribution >= 4 is 15.6 Å². The van der Waals surface area contributed by atoms with E-state index in [0.717, 1.165) is 0 Å². The first-order chi connectivity index (χ1) is 22.5. The fraction of sp³-hybridized carbons (Fsp3) is 1.00. The lowest BCUT2D eigenvalue weighted by atomic mass is 9.97. The predicted octanol–water partition coefficient (Wildman–Crippen LogP) is 1.30. The average molecular weight is 755 g/mol. The number of hydrogen-bond donors (Lipinski definition) is 11. The molecule has 0 aromatic rings. The topological polar surface area (TPSA) is 339 Å². The summed E-state index contributed by atoms with van der Waals surface area (Å²) >= 11 is 0. The quantitative estimate of drug-likeness (QED) is 0.176. The molecule has 0 spiro atoms. The van der Waals surface area contributed by atoms with E-state index in [1.54, 1.807) is 0 Å². The smallest absolute Gasteiger partial charge is 0.412 e. The highest BCUT2D eigenvalue weighted by Gasteiger charge is 2.47. The van der Waals surface area contributed by atoms with Crippen molar-refractivity contribution < 1.29 is 63.3 Å². The maximum absolute atomic E-state index is 10.6. The summed E-state index contributed by atoms with van der Waals surface area (Å²) in [4.78, 5) is 34.1. The van der Waals surface area contributed by atoms with Crippen LogP contribution in [0.2, 0.25) is 0 Å². The Morgan fingerprint density at radius 3 is 1.04 bits per heavy atom. The lowest BCUT2D eigenvalue weighted by molar-refractivity contribution is -0.279. The third kappa shape index (κ3) is 25.5. The Morgan fingerprint density at radius 2 is 0.816 bits per heavy atom. The molecule has 5 fully saturated rings. The Kier molecular flexibility index (Phi) is 26.5. The maximum Gasteiger partial charge on any atom is 0.472 e. The van der Waals surface area contributed by atoms with Crippen LogP contribution in [0.1, 0.15) is 128 Å². The minimum Gasteiger partial charge on any atom is -0.412 e. The second kappa shape index (κ2) is 26.6. The third-order valence-electron chi connectivity index (χ3n) is 8.92. The summed E-state index contributed by atoms with van der Waals surface area (Å²) in [5, 5.41) is 28.4. The van der Waals surface area contributed by atoms with Crippen LogP contribution in [0.5, 0.6) is 0 Å². The van der Waals surface area contributed by atoms with Crippen LogP contribution < -0.4 is 22.9 Å². The first-order valence-electron chi connectivity index (χ1n) is 17.6. The molecule has 0 amide bonds. The number of nitrogens with two attached hydrogens (primary N) is 4. The summed E-state index contributed by atoms with van der Waals surface area (Å²) in [7, 11) is -9.95. The molecule has 296 valence electrons. The molecule has 3 unspecified atom stereocenters. The minimum atomic E-state index is -5.07. The van der Waals surface area contributed by atoms with Crippen molar-refractivity contribution in [3.05, 3.63) is 0 Å². The van der Waals surface area contributed by atoms with Gasteiger partial charge in [0, 0.05) is 24.2 Å². The van der Waals surface area contributed by atoms with Crippen molar-refractivity contribution in [2.45, 2.75) is 183 Å². The molecule has 49 heavy (non-hydrogen) atoms. The Bertz CT molecular complexity index is 829. The predicted molar refractivity (Wildman–Crippen MR) is 186 cm³/mol. The molecule has 4 saturated carbocycles. The second-order valence-corrected chi connectivity index (χ2v) is 15.9. The molecule has 4 aliphatic carbocycles. The van der Waals surface area contributed by atoms with Crippen LogP contribution in [-0.2, 0) is 22.9 Å². The van der Waals surface area contributed by atoms with Gasteiger partial charge in [-0.05, 0) is 51.4 Å². The third-order valence-corrected chi connectivity index (χ3v) is 9.88. The van der Waals surface area contributed by atoms with Gasteiger partial charge in [0.1, 0.15) is 24.4 Å². The van der Waals surface area contributed by atoms with E-state index in [1.807, 2.05) is 0 Å². The Hall–Kier alpha value is -0.140. The van der Waals surface area contributed by atoms with Crippen molar-refractivity contribution in [1.29, 1.82) is 0 Å². The Labute approximate surface area is 291 Å². The van der Waals surface area contributed by atoms with Crippen LogP contribution in [0.4, 0.5) is 0 Å². The molecule has 1 aliphatic heterocycles. The molecule has 1 saturated heterocycles. The van der Waals surface area contributed by atoms with Crippen LogP contribution >= 0.6 is 15.6 Å². The molecular formula is C30H68N4O13P2. The molecule has 1 heterocycles. The van der Waals surface area contributed by atoms with E-state index >= 15 is 0 Å². The van der Waals surface area contributed by atoms with E-state index in [9.17, 15) is 24.4 Å². The van der Waals surface area contributed by atoms with Gasteiger partial charge in [0.2, 0.25) is 0 Å². The molecule has 5 atom stereocenters. The number of aliphatic hydroxyl groups excluding tert-OH is 3. The Balaban J connectivity index is 0.000000651. The lowest BCUT2D eigenvalue weighted by Crippen LogP contribution is -2.59. The largest absolute Gasteiger partial charge is 0.472 e. The van der Waals surface area contributed by atoms with Crippen molar-refractivity contribution in [2.75, 3.05) is 6.61 Å². The van der Waals surface area contributed by atoms with E-state index in [0.29, 0.717) is 24.2 Å². The van der Waals surface area contributed by atoms with E-state index in [1.165, 1.54) is 128 Å². The number of ether oxygens (including phenoxy) is 1. The zero-order chi connectivity index (χ0) is 36.2.